The van der Waals surface area contributed by atoms with Crippen LogP contribution >= 0.6 is 11.3 Å². The van der Waals surface area contributed by atoms with Crippen LogP contribution in [-0.2, 0) is 9.53 Å². The van der Waals surface area contributed by atoms with Crippen molar-refractivity contribution < 1.29 is 14.3 Å². The van der Waals surface area contributed by atoms with E-state index in [0.717, 1.165) is 49.3 Å². The standard InChI is InChI=1S/C20H24N2O3S/c1-15-18(26-19(21-15)16-10-6-5-7-11-16)20(24)25-14-17(23)22-12-8-3-2-4-9-13-22/h5-7,10-11H,2-4,8-9,12-14H2,1H3. The Labute approximate surface area is 158 Å². The van der Waals surface area contributed by atoms with Gasteiger partial charge in [0.1, 0.15) is 9.88 Å². The predicted octanol–water partition coefficient (Wildman–Crippen LogP) is 4.07. The average molecular weight is 372 g/mol. The van der Waals surface area contributed by atoms with Gasteiger partial charge in [0, 0.05) is 18.7 Å². The van der Waals surface area contributed by atoms with Gasteiger partial charge < -0.3 is 9.64 Å². The summed E-state index contributed by atoms with van der Waals surface area (Å²) in [7, 11) is 0. The number of aryl methyl sites for hydroxylation is 1. The second-order valence-electron chi connectivity index (χ2n) is 6.52. The van der Waals surface area contributed by atoms with Gasteiger partial charge in [0.05, 0.1) is 5.69 Å². The van der Waals surface area contributed by atoms with Crippen LogP contribution in [-0.4, -0.2) is 41.5 Å². The lowest BCUT2D eigenvalue weighted by Gasteiger charge is -2.24. The van der Waals surface area contributed by atoms with E-state index in [4.69, 9.17) is 4.74 Å². The van der Waals surface area contributed by atoms with Gasteiger partial charge in [-0.05, 0) is 19.8 Å². The fourth-order valence-electron chi connectivity index (χ4n) is 3.07. The first-order valence-electron chi connectivity index (χ1n) is 9.13. The first-order chi connectivity index (χ1) is 12.6. The summed E-state index contributed by atoms with van der Waals surface area (Å²) in [6.45, 7) is 3.11. The summed E-state index contributed by atoms with van der Waals surface area (Å²) >= 11 is 1.30. The van der Waals surface area contributed by atoms with Crippen LogP contribution in [0.2, 0.25) is 0 Å². The van der Waals surface area contributed by atoms with Crippen molar-refractivity contribution in [1.29, 1.82) is 0 Å². The van der Waals surface area contributed by atoms with Crippen molar-refractivity contribution in [3.8, 4) is 10.6 Å². The van der Waals surface area contributed by atoms with Crippen LogP contribution in [0.25, 0.3) is 10.6 Å². The zero-order chi connectivity index (χ0) is 18.4. The summed E-state index contributed by atoms with van der Waals surface area (Å²) < 4.78 is 5.29. The first-order valence-corrected chi connectivity index (χ1v) is 9.94. The monoisotopic (exact) mass is 372 g/mol. The third-order valence-electron chi connectivity index (χ3n) is 4.54. The van der Waals surface area contributed by atoms with Gasteiger partial charge in [-0.25, -0.2) is 9.78 Å². The molecule has 1 aromatic heterocycles. The Morgan fingerprint density at radius 2 is 1.73 bits per heavy atom. The Bertz CT molecular complexity index is 750. The second-order valence-corrected chi connectivity index (χ2v) is 7.52. The third kappa shape index (κ3) is 4.69. The fraction of sp³-hybridized carbons (Fsp3) is 0.450. The summed E-state index contributed by atoms with van der Waals surface area (Å²) in [5.74, 6) is -0.576. The number of esters is 1. The molecule has 0 bridgehead atoms. The number of ether oxygens (including phenoxy) is 1. The molecule has 2 aromatic rings. The molecule has 1 fully saturated rings. The summed E-state index contributed by atoms with van der Waals surface area (Å²) in [6, 6.07) is 9.73. The number of likely N-dealkylation sites (tertiary alicyclic amines) is 1. The Morgan fingerprint density at radius 3 is 2.42 bits per heavy atom. The third-order valence-corrected chi connectivity index (χ3v) is 5.72. The molecule has 3 rings (SSSR count). The molecular weight excluding hydrogens is 348 g/mol. The number of nitrogens with zero attached hydrogens (tertiary/aromatic N) is 2. The molecule has 1 amide bonds. The largest absolute Gasteiger partial charge is 0.451 e. The van der Waals surface area contributed by atoms with Crippen molar-refractivity contribution in [1.82, 2.24) is 9.88 Å². The van der Waals surface area contributed by atoms with Crippen LogP contribution < -0.4 is 0 Å². The van der Waals surface area contributed by atoms with E-state index in [0.29, 0.717) is 10.6 Å². The molecule has 5 nitrogen and oxygen atoms in total. The number of hydrogen-bond donors (Lipinski definition) is 0. The number of thiazole rings is 1. The van der Waals surface area contributed by atoms with Crippen LogP contribution in [0.4, 0.5) is 0 Å². The lowest BCUT2D eigenvalue weighted by molar-refractivity contribution is -0.134. The molecule has 0 spiro atoms. The highest BCUT2D eigenvalue weighted by Gasteiger charge is 2.21. The van der Waals surface area contributed by atoms with E-state index < -0.39 is 5.97 Å². The highest BCUT2D eigenvalue weighted by atomic mass is 32.1. The van der Waals surface area contributed by atoms with Crippen LogP contribution in [0.3, 0.4) is 0 Å². The van der Waals surface area contributed by atoms with Gasteiger partial charge in [0.25, 0.3) is 5.91 Å². The molecule has 138 valence electrons. The lowest BCUT2D eigenvalue weighted by atomic mass is 10.1. The van der Waals surface area contributed by atoms with E-state index in [-0.39, 0.29) is 12.5 Å². The van der Waals surface area contributed by atoms with Gasteiger partial charge in [-0.15, -0.1) is 11.3 Å². The minimum atomic E-state index is -0.470. The minimum absolute atomic E-state index is 0.106. The van der Waals surface area contributed by atoms with Crippen molar-refractivity contribution >= 4 is 23.2 Å². The number of amides is 1. The van der Waals surface area contributed by atoms with Gasteiger partial charge in [0.2, 0.25) is 0 Å². The number of aromatic nitrogens is 1. The maximum absolute atomic E-state index is 12.4. The smallest absolute Gasteiger partial charge is 0.350 e. The molecule has 0 unspecified atom stereocenters. The van der Waals surface area contributed by atoms with E-state index in [1.165, 1.54) is 17.8 Å². The zero-order valence-electron chi connectivity index (χ0n) is 15.1. The molecular formula is C20H24N2O3S. The van der Waals surface area contributed by atoms with E-state index in [1.807, 2.05) is 35.2 Å². The molecule has 0 saturated carbocycles. The summed E-state index contributed by atoms with van der Waals surface area (Å²) in [6.07, 6.45) is 5.60. The molecule has 0 aliphatic carbocycles. The molecule has 1 aliphatic heterocycles. The Morgan fingerprint density at radius 1 is 1.08 bits per heavy atom. The van der Waals surface area contributed by atoms with Gasteiger partial charge in [-0.2, -0.15) is 0 Å². The molecule has 1 saturated heterocycles. The van der Waals surface area contributed by atoms with Gasteiger partial charge >= 0.3 is 5.97 Å². The van der Waals surface area contributed by atoms with Crippen LogP contribution in [0, 0.1) is 6.92 Å². The highest BCUT2D eigenvalue weighted by Crippen LogP contribution is 2.28. The van der Waals surface area contributed by atoms with Crippen molar-refractivity contribution in [2.75, 3.05) is 19.7 Å². The molecule has 0 atom stereocenters. The summed E-state index contributed by atoms with van der Waals surface area (Å²) in [4.78, 5) is 31.5. The zero-order valence-corrected chi connectivity index (χ0v) is 15.9. The Kier molecular flexibility index (Phi) is 6.39. The number of carbonyl (C=O) groups is 2. The average Bonchev–Trinajstić information content (AvgIpc) is 3.02. The van der Waals surface area contributed by atoms with Gasteiger partial charge in [0.15, 0.2) is 6.61 Å². The molecule has 1 aromatic carbocycles. The quantitative estimate of drug-likeness (QED) is 0.759. The molecule has 6 heteroatoms. The number of benzene rings is 1. The molecule has 26 heavy (non-hydrogen) atoms. The van der Waals surface area contributed by atoms with E-state index in [2.05, 4.69) is 4.98 Å². The fourth-order valence-corrected chi connectivity index (χ4v) is 4.04. The van der Waals surface area contributed by atoms with Gasteiger partial charge in [-0.1, -0.05) is 49.6 Å². The molecule has 0 radical (unpaired) electrons. The van der Waals surface area contributed by atoms with Crippen LogP contribution in [0.1, 0.15) is 47.5 Å². The highest BCUT2D eigenvalue weighted by molar-refractivity contribution is 7.17. The molecule has 1 aliphatic rings. The summed E-state index contributed by atoms with van der Waals surface area (Å²) in [5, 5.41) is 0.783. The predicted molar refractivity (Wildman–Crippen MR) is 102 cm³/mol. The minimum Gasteiger partial charge on any atom is -0.451 e. The first kappa shape index (κ1) is 18.6. The number of rotatable bonds is 4. The topological polar surface area (TPSA) is 59.5 Å². The van der Waals surface area contributed by atoms with E-state index in [9.17, 15) is 9.59 Å². The Balaban J connectivity index is 1.59. The van der Waals surface area contributed by atoms with Crippen molar-refractivity contribution in [3.05, 3.63) is 40.9 Å². The van der Waals surface area contributed by atoms with Crippen LogP contribution in [0.15, 0.2) is 30.3 Å². The van der Waals surface area contributed by atoms with E-state index in [1.54, 1.807) is 6.92 Å². The maximum atomic E-state index is 12.4. The lowest BCUT2D eigenvalue weighted by Crippen LogP contribution is -2.36. The summed E-state index contributed by atoms with van der Waals surface area (Å²) in [5.41, 5.74) is 1.61. The normalized spacial score (nSPS) is 15.2. The molecule has 2 heterocycles. The van der Waals surface area contributed by atoms with Crippen molar-refractivity contribution in [2.24, 2.45) is 0 Å². The van der Waals surface area contributed by atoms with E-state index >= 15 is 0 Å². The molecule has 0 N–H and O–H groups in total. The van der Waals surface area contributed by atoms with Crippen molar-refractivity contribution in [2.45, 2.75) is 39.0 Å². The Hall–Kier alpha value is -2.21. The van der Waals surface area contributed by atoms with Gasteiger partial charge in [-0.3, -0.25) is 4.79 Å². The maximum Gasteiger partial charge on any atom is 0.350 e. The number of carbonyl (C=O) groups excluding carboxylic acids is 2. The van der Waals surface area contributed by atoms with Crippen molar-refractivity contribution in [3.63, 3.8) is 0 Å². The van der Waals surface area contributed by atoms with Crippen LogP contribution in [0.5, 0.6) is 0 Å². The SMILES string of the molecule is Cc1nc(-c2ccccc2)sc1C(=O)OCC(=O)N1CCCCCCC1. The second kappa shape index (κ2) is 8.94. The number of hydrogen-bond acceptors (Lipinski definition) is 5.